The molecule has 1 aromatic carbocycles. The van der Waals surface area contributed by atoms with Gasteiger partial charge in [-0.25, -0.2) is 0 Å². The van der Waals surface area contributed by atoms with Crippen LogP contribution in [-0.2, 0) is 6.54 Å². The Morgan fingerprint density at radius 2 is 1.92 bits per heavy atom. The Balaban J connectivity index is 1.30. The van der Waals surface area contributed by atoms with Gasteiger partial charge in [-0.3, -0.25) is 4.90 Å². The van der Waals surface area contributed by atoms with Crippen LogP contribution in [0.4, 0.5) is 10.7 Å². The molecular weight excluding hydrogens is 366 g/mol. The smallest absolute Gasteiger partial charge is 0.162 e. The Bertz CT molecular complexity index is 785. The van der Waals surface area contributed by atoms with E-state index in [-0.39, 0.29) is 5.15 Å². The summed E-state index contributed by atoms with van der Waals surface area (Å²) in [5.74, 6) is 0.975. The summed E-state index contributed by atoms with van der Waals surface area (Å²) in [6.45, 7) is 6.50. The second kappa shape index (κ2) is 7.83. The average Bonchev–Trinajstić information content (AvgIpc) is 3.42. The molecular formula is C19H22ClN5S. The second-order valence-corrected chi connectivity index (χ2v) is 8.17. The van der Waals surface area contributed by atoms with Crippen molar-refractivity contribution in [2.24, 2.45) is 5.92 Å². The third-order valence-corrected chi connectivity index (χ3v) is 6.28. The largest absolute Gasteiger partial charge is 0.370 e. The lowest BCUT2D eigenvalue weighted by atomic mass is 10.1. The van der Waals surface area contributed by atoms with Crippen LogP contribution in [0.1, 0.15) is 24.0 Å². The summed E-state index contributed by atoms with van der Waals surface area (Å²) in [4.78, 5) is 5.08. The summed E-state index contributed by atoms with van der Waals surface area (Å²) >= 11 is 7.13. The van der Waals surface area contributed by atoms with E-state index in [4.69, 9.17) is 16.9 Å². The normalized spacial score (nSPS) is 17.9. The maximum absolute atomic E-state index is 9.12. The zero-order chi connectivity index (χ0) is 17.9. The summed E-state index contributed by atoms with van der Waals surface area (Å²) in [6, 6.07) is 10.8. The first-order valence-electron chi connectivity index (χ1n) is 9.08. The molecule has 2 fully saturated rings. The zero-order valence-corrected chi connectivity index (χ0v) is 16.2. The number of rotatable bonds is 6. The van der Waals surface area contributed by atoms with Gasteiger partial charge in [0.2, 0.25) is 0 Å². The Labute approximate surface area is 163 Å². The van der Waals surface area contributed by atoms with Crippen molar-refractivity contribution in [3.63, 3.8) is 0 Å². The molecule has 0 atom stereocenters. The first kappa shape index (κ1) is 17.6. The van der Waals surface area contributed by atoms with Gasteiger partial charge in [-0.1, -0.05) is 23.7 Å². The molecule has 4 rings (SSSR count). The van der Waals surface area contributed by atoms with Crippen LogP contribution in [0.3, 0.4) is 0 Å². The summed E-state index contributed by atoms with van der Waals surface area (Å²) in [5.41, 5.74) is 2.89. The number of anilines is 2. The predicted octanol–water partition coefficient (Wildman–Crippen LogP) is 3.81. The molecule has 1 saturated heterocycles. The van der Waals surface area contributed by atoms with Gasteiger partial charge in [0, 0.05) is 45.0 Å². The highest BCUT2D eigenvalue weighted by Gasteiger charge is 2.26. The van der Waals surface area contributed by atoms with E-state index in [1.54, 1.807) is 0 Å². The zero-order valence-electron chi connectivity index (χ0n) is 14.6. The van der Waals surface area contributed by atoms with Crippen LogP contribution < -0.4 is 10.2 Å². The Hall–Kier alpha value is -1.81. The first-order valence-corrected chi connectivity index (χ1v) is 10.2. The molecule has 1 aliphatic carbocycles. The molecule has 2 heterocycles. The van der Waals surface area contributed by atoms with Crippen molar-refractivity contribution < 1.29 is 0 Å². The quantitative estimate of drug-likeness (QED) is 0.816. The molecule has 0 unspecified atom stereocenters. The van der Waals surface area contributed by atoms with Crippen molar-refractivity contribution in [1.29, 1.82) is 5.26 Å². The highest BCUT2D eigenvalue weighted by atomic mass is 35.5. The summed E-state index contributed by atoms with van der Waals surface area (Å²) in [7, 11) is 0. The maximum atomic E-state index is 9.12. The molecule has 0 amide bonds. The maximum Gasteiger partial charge on any atom is 0.162 e. The number of nitrogens with one attached hydrogen (secondary N) is 1. The molecule has 1 N–H and O–H groups in total. The number of nitriles is 1. The third-order valence-electron chi connectivity index (χ3n) is 5.10. The van der Waals surface area contributed by atoms with Crippen LogP contribution in [0.15, 0.2) is 24.3 Å². The minimum absolute atomic E-state index is 0.274. The van der Waals surface area contributed by atoms with E-state index >= 15 is 0 Å². The van der Waals surface area contributed by atoms with Gasteiger partial charge < -0.3 is 10.2 Å². The molecule has 26 heavy (non-hydrogen) atoms. The highest BCUT2D eigenvalue weighted by Crippen LogP contribution is 2.30. The van der Waals surface area contributed by atoms with E-state index in [9.17, 15) is 0 Å². The van der Waals surface area contributed by atoms with E-state index in [1.807, 2.05) is 0 Å². The monoisotopic (exact) mass is 387 g/mol. The molecule has 0 spiro atoms. The molecule has 0 radical (unpaired) electrons. The fraction of sp³-hybridized carbons (Fsp3) is 0.474. The van der Waals surface area contributed by atoms with Gasteiger partial charge in [0.1, 0.15) is 16.6 Å². The van der Waals surface area contributed by atoms with Crippen molar-refractivity contribution in [3.05, 3.63) is 40.5 Å². The lowest BCUT2D eigenvalue weighted by Crippen LogP contribution is -2.47. The lowest BCUT2D eigenvalue weighted by molar-refractivity contribution is 0.248. The molecule has 1 aromatic heterocycles. The molecule has 136 valence electrons. The number of piperazine rings is 1. The minimum atomic E-state index is 0.274. The highest BCUT2D eigenvalue weighted by molar-refractivity contribution is 7.10. The van der Waals surface area contributed by atoms with E-state index in [0.29, 0.717) is 12.1 Å². The number of benzene rings is 1. The predicted molar refractivity (Wildman–Crippen MR) is 107 cm³/mol. The standard InChI is InChI=1S/C19H22ClN5S/c20-18-17(11-21)19(26-23-18)22-12-14-3-5-16(6-4-14)25-9-7-24(8-10-25)13-15-1-2-15/h3-6,15,22H,1-2,7-10,12-13H2. The Kier molecular flexibility index (Phi) is 5.30. The van der Waals surface area contributed by atoms with Crippen molar-refractivity contribution in [3.8, 4) is 6.07 Å². The van der Waals surface area contributed by atoms with Gasteiger partial charge in [0.25, 0.3) is 0 Å². The topological polar surface area (TPSA) is 55.2 Å². The van der Waals surface area contributed by atoms with Crippen LogP contribution in [0, 0.1) is 17.2 Å². The van der Waals surface area contributed by atoms with Gasteiger partial charge in [-0.05, 0) is 48.0 Å². The molecule has 0 bridgehead atoms. The molecule has 2 aromatic rings. The van der Waals surface area contributed by atoms with Crippen LogP contribution in [0.2, 0.25) is 5.15 Å². The van der Waals surface area contributed by atoms with Crippen LogP contribution >= 0.6 is 23.1 Å². The Morgan fingerprint density at radius 3 is 2.58 bits per heavy atom. The van der Waals surface area contributed by atoms with Gasteiger partial charge in [0.05, 0.1) is 0 Å². The van der Waals surface area contributed by atoms with Gasteiger partial charge >= 0.3 is 0 Å². The van der Waals surface area contributed by atoms with Crippen molar-refractivity contribution in [2.75, 3.05) is 42.9 Å². The SMILES string of the molecule is N#Cc1c(Cl)nsc1NCc1ccc(N2CCN(CC3CC3)CC2)cc1. The molecule has 1 saturated carbocycles. The van der Waals surface area contributed by atoms with E-state index in [0.717, 1.165) is 24.0 Å². The van der Waals surface area contributed by atoms with Crippen molar-refractivity contribution in [2.45, 2.75) is 19.4 Å². The van der Waals surface area contributed by atoms with Gasteiger partial charge in [-0.2, -0.15) is 9.64 Å². The number of nitrogens with zero attached hydrogens (tertiary/aromatic N) is 4. The number of halogens is 1. The van der Waals surface area contributed by atoms with Crippen molar-refractivity contribution >= 4 is 33.8 Å². The fourth-order valence-corrected chi connectivity index (χ4v) is 4.28. The number of hydrogen-bond acceptors (Lipinski definition) is 6. The molecule has 1 aliphatic heterocycles. The van der Waals surface area contributed by atoms with Crippen LogP contribution in [0.5, 0.6) is 0 Å². The summed E-state index contributed by atoms with van der Waals surface area (Å²) < 4.78 is 4.01. The summed E-state index contributed by atoms with van der Waals surface area (Å²) in [5, 5.41) is 13.4. The van der Waals surface area contributed by atoms with Gasteiger partial charge in [-0.15, -0.1) is 0 Å². The molecule has 7 heteroatoms. The number of hydrogen-bond donors (Lipinski definition) is 1. The summed E-state index contributed by atoms with van der Waals surface area (Å²) in [6.07, 6.45) is 2.86. The third kappa shape index (κ3) is 4.12. The fourth-order valence-electron chi connectivity index (χ4n) is 3.35. The molecule has 2 aliphatic rings. The second-order valence-electron chi connectivity index (χ2n) is 7.04. The van der Waals surface area contributed by atoms with E-state index in [2.05, 4.69) is 49.8 Å². The minimum Gasteiger partial charge on any atom is -0.370 e. The Morgan fingerprint density at radius 1 is 1.19 bits per heavy atom. The number of aromatic nitrogens is 1. The first-order chi connectivity index (χ1) is 12.7. The average molecular weight is 388 g/mol. The van der Waals surface area contributed by atoms with Gasteiger partial charge in [0.15, 0.2) is 5.15 Å². The lowest BCUT2D eigenvalue weighted by Gasteiger charge is -2.36. The van der Waals surface area contributed by atoms with Crippen LogP contribution in [-0.4, -0.2) is 42.0 Å². The van der Waals surface area contributed by atoms with E-state index < -0.39 is 0 Å². The van der Waals surface area contributed by atoms with E-state index in [1.165, 1.54) is 55.3 Å². The molecule has 5 nitrogen and oxygen atoms in total. The van der Waals surface area contributed by atoms with Crippen LogP contribution in [0.25, 0.3) is 0 Å². The van der Waals surface area contributed by atoms with Crippen molar-refractivity contribution in [1.82, 2.24) is 9.27 Å².